The molecule has 0 aliphatic carbocycles. The zero-order valence-corrected chi connectivity index (χ0v) is 14.9. The highest BCUT2D eigenvalue weighted by Crippen LogP contribution is 2.29. The molecule has 0 aliphatic heterocycles. The Bertz CT molecular complexity index is 1010. The van der Waals surface area contributed by atoms with Crippen molar-refractivity contribution < 1.29 is 0 Å². The molecule has 118 valence electrons. The van der Waals surface area contributed by atoms with Gasteiger partial charge < -0.3 is 4.98 Å². The van der Waals surface area contributed by atoms with E-state index in [9.17, 15) is 10.1 Å². The molecule has 0 saturated carbocycles. The van der Waals surface area contributed by atoms with Gasteiger partial charge in [0, 0.05) is 15.7 Å². The van der Waals surface area contributed by atoms with Crippen molar-refractivity contribution in [1.82, 2.24) is 4.98 Å². The fraction of sp³-hybridized carbons (Fsp3) is 0.100. The summed E-state index contributed by atoms with van der Waals surface area (Å²) >= 11 is 3.41. The minimum atomic E-state index is -0.368. The third-order valence-electron chi connectivity index (χ3n) is 3.97. The first-order valence-corrected chi connectivity index (χ1v) is 8.30. The van der Waals surface area contributed by atoms with Gasteiger partial charge in [-0.15, -0.1) is 0 Å². The predicted octanol–water partition coefficient (Wildman–Crippen LogP) is 4.96. The minimum Gasteiger partial charge on any atom is -0.321 e. The van der Waals surface area contributed by atoms with Gasteiger partial charge in [0.1, 0.15) is 11.6 Å². The maximum absolute atomic E-state index is 12.4. The quantitative estimate of drug-likeness (QED) is 0.684. The number of H-pyrrole nitrogens is 1. The van der Waals surface area contributed by atoms with Crippen LogP contribution in [0.25, 0.3) is 22.4 Å². The summed E-state index contributed by atoms with van der Waals surface area (Å²) in [4.78, 5) is 15.2. The van der Waals surface area contributed by atoms with Crippen LogP contribution in [-0.4, -0.2) is 4.98 Å². The number of hydrogen-bond donors (Lipinski definition) is 1. The van der Waals surface area contributed by atoms with Crippen molar-refractivity contribution in [3.63, 3.8) is 0 Å². The van der Waals surface area contributed by atoms with E-state index in [1.165, 1.54) is 0 Å². The van der Waals surface area contributed by atoms with Gasteiger partial charge in [0.15, 0.2) is 0 Å². The van der Waals surface area contributed by atoms with E-state index in [-0.39, 0.29) is 11.1 Å². The summed E-state index contributed by atoms with van der Waals surface area (Å²) in [7, 11) is 0. The summed E-state index contributed by atoms with van der Waals surface area (Å²) in [6, 6.07) is 17.6. The van der Waals surface area contributed by atoms with Crippen molar-refractivity contribution in [3.05, 3.63) is 80.0 Å². The van der Waals surface area contributed by atoms with Gasteiger partial charge in [-0.2, -0.15) is 5.26 Å². The van der Waals surface area contributed by atoms with Crippen LogP contribution >= 0.6 is 15.9 Å². The maximum Gasteiger partial charge on any atom is 0.266 e. The van der Waals surface area contributed by atoms with Gasteiger partial charge in [-0.25, -0.2) is 0 Å². The van der Waals surface area contributed by atoms with E-state index in [4.69, 9.17) is 0 Å². The molecule has 1 aromatic heterocycles. The van der Waals surface area contributed by atoms with E-state index >= 15 is 0 Å². The highest BCUT2D eigenvalue weighted by molar-refractivity contribution is 9.10. The first-order chi connectivity index (χ1) is 11.5. The Kier molecular flexibility index (Phi) is 4.37. The largest absolute Gasteiger partial charge is 0.321 e. The topological polar surface area (TPSA) is 56.6 Å². The lowest BCUT2D eigenvalue weighted by Gasteiger charge is -2.11. The lowest BCUT2D eigenvalue weighted by Crippen LogP contribution is -2.13. The number of halogens is 1. The molecule has 3 aromatic rings. The standard InChI is InChI=1S/C20H15BrN2O/c1-12-3-8-16(13(2)9-12)17-10-19(23-20(24)18(17)11-22)14-4-6-15(21)7-5-14/h3-10H,1-2H3,(H,23,24). The normalized spacial score (nSPS) is 10.4. The van der Waals surface area contributed by atoms with Crippen molar-refractivity contribution >= 4 is 15.9 Å². The van der Waals surface area contributed by atoms with Crippen molar-refractivity contribution in [1.29, 1.82) is 5.26 Å². The Morgan fingerprint density at radius 2 is 1.71 bits per heavy atom. The fourth-order valence-corrected chi connectivity index (χ4v) is 3.05. The molecule has 2 aromatic carbocycles. The maximum atomic E-state index is 12.4. The Labute approximate surface area is 148 Å². The van der Waals surface area contributed by atoms with Crippen LogP contribution in [0.2, 0.25) is 0 Å². The number of hydrogen-bond acceptors (Lipinski definition) is 2. The van der Waals surface area contributed by atoms with Gasteiger partial charge in [-0.3, -0.25) is 4.79 Å². The van der Waals surface area contributed by atoms with Crippen LogP contribution in [0.15, 0.2) is 57.8 Å². The number of nitrogens with one attached hydrogen (secondary N) is 1. The molecule has 24 heavy (non-hydrogen) atoms. The van der Waals surface area contributed by atoms with Crippen molar-refractivity contribution in [2.45, 2.75) is 13.8 Å². The van der Waals surface area contributed by atoms with Gasteiger partial charge in [-0.1, -0.05) is 51.8 Å². The summed E-state index contributed by atoms with van der Waals surface area (Å²) in [6.07, 6.45) is 0. The second-order valence-corrected chi connectivity index (χ2v) is 6.65. The number of nitrogens with zero attached hydrogens (tertiary/aromatic N) is 1. The molecule has 0 aliphatic rings. The fourth-order valence-electron chi connectivity index (χ4n) is 2.78. The first-order valence-electron chi connectivity index (χ1n) is 7.50. The molecule has 1 N–H and O–H groups in total. The van der Waals surface area contributed by atoms with Gasteiger partial charge in [0.25, 0.3) is 5.56 Å². The van der Waals surface area contributed by atoms with E-state index in [1.54, 1.807) is 0 Å². The Morgan fingerprint density at radius 1 is 1.00 bits per heavy atom. The summed E-state index contributed by atoms with van der Waals surface area (Å²) in [6.45, 7) is 4.01. The highest BCUT2D eigenvalue weighted by atomic mass is 79.9. The molecule has 3 nitrogen and oxygen atoms in total. The van der Waals surface area contributed by atoms with Crippen LogP contribution in [0, 0.1) is 25.2 Å². The smallest absolute Gasteiger partial charge is 0.266 e. The molecule has 0 radical (unpaired) electrons. The SMILES string of the molecule is Cc1ccc(-c2cc(-c3ccc(Br)cc3)[nH]c(=O)c2C#N)c(C)c1. The number of benzene rings is 2. The zero-order valence-electron chi connectivity index (χ0n) is 13.4. The number of pyridine rings is 1. The van der Waals surface area contributed by atoms with Crippen molar-refractivity contribution in [3.8, 4) is 28.5 Å². The number of aromatic nitrogens is 1. The average molecular weight is 379 g/mol. The van der Waals surface area contributed by atoms with Crippen LogP contribution in [0.1, 0.15) is 16.7 Å². The summed E-state index contributed by atoms with van der Waals surface area (Å²) in [5.74, 6) is 0. The van der Waals surface area contributed by atoms with Gasteiger partial charge in [0.05, 0.1) is 0 Å². The minimum absolute atomic E-state index is 0.141. The van der Waals surface area contributed by atoms with Gasteiger partial charge in [-0.05, 0) is 48.7 Å². The second-order valence-electron chi connectivity index (χ2n) is 5.74. The summed E-state index contributed by atoms with van der Waals surface area (Å²) < 4.78 is 0.969. The third-order valence-corrected chi connectivity index (χ3v) is 4.50. The Hall–Kier alpha value is -2.64. The zero-order chi connectivity index (χ0) is 17.3. The predicted molar refractivity (Wildman–Crippen MR) is 99.8 cm³/mol. The molecule has 0 unspecified atom stereocenters. The number of aryl methyl sites for hydroxylation is 2. The molecule has 0 spiro atoms. The molecule has 0 bridgehead atoms. The van der Waals surface area contributed by atoms with E-state index in [1.807, 2.05) is 62.4 Å². The van der Waals surface area contributed by atoms with Crippen molar-refractivity contribution in [2.75, 3.05) is 0 Å². The number of nitriles is 1. The van der Waals surface area contributed by atoms with Crippen LogP contribution < -0.4 is 5.56 Å². The molecule has 3 rings (SSSR count). The Balaban J connectivity index is 2.27. The summed E-state index contributed by atoms with van der Waals surface area (Å²) in [5.41, 5.74) is 5.12. The van der Waals surface area contributed by atoms with Crippen LogP contribution in [0.5, 0.6) is 0 Å². The van der Waals surface area contributed by atoms with E-state index in [0.29, 0.717) is 11.3 Å². The molecular formula is C20H15BrN2O. The second kappa shape index (κ2) is 6.46. The van der Waals surface area contributed by atoms with Crippen molar-refractivity contribution in [2.24, 2.45) is 0 Å². The van der Waals surface area contributed by atoms with E-state index in [0.717, 1.165) is 26.7 Å². The monoisotopic (exact) mass is 378 g/mol. The third kappa shape index (κ3) is 3.04. The molecular weight excluding hydrogens is 364 g/mol. The van der Waals surface area contributed by atoms with E-state index < -0.39 is 0 Å². The first kappa shape index (κ1) is 16.2. The number of aromatic amines is 1. The molecule has 0 amide bonds. The molecule has 1 heterocycles. The van der Waals surface area contributed by atoms with Crippen LogP contribution in [0.3, 0.4) is 0 Å². The highest BCUT2D eigenvalue weighted by Gasteiger charge is 2.14. The number of rotatable bonds is 2. The lowest BCUT2D eigenvalue weighted by molar-refractivity contribution is 1.21. The van der Waals surface area contributed by atoms with E-state index in [2.05, 4.69) is 27.0 Å². The summed E-state index contributed by atoms with van der Waals surface area (Å²) in [5, 5.41) is 9.43. The van der Waals surface area contributed by atoms with Crippen LogP contribution in [-0.2, 0) is 0 Å². The van der Waals surface area contributed by atoms with Crippen LogP contribution in [0.4, 0.5) is 0 Å². The molecule has 0 atom stereocenters. The average Bonchev–Trinajstić information content (AvgIpc) is 2.55. The Morgan fingerprint density at radius 3 is 2.33 bits per heavy atom. The molecule has 0 fully saturated rings. The van der Waals surface area contributed by atoms with Gasteiger partial charge in [0.2, 0.25) is 0 Å². The molecule has 0 saturated heterocycles. The van der Waals surface area contributed by atoms with Gasteiger partial charge >= 0.3 is 0 Å². The lowest BCUT2D eigenvalue weighted by atomic mass is 9.94. The molecule has 4 heteroatoms.